The fourth-order valence-electron chi connectivity index (χ4n) is 3.52. The lowest BCUT2D eigenvalue weighted by molar-refractivity contribution is -0.129. The molecule has 0 bridgehead atoms. The molecule has 0 spiro atoms. The number of hydrogen-bond acceptors (Lipinski definition) is 3. The Morgan fingerprint density at radius 2 is 2.00 bits per heavy atom. The second-order valence-corrected chi connectivity index (χ2v) is 6.06. The molecule has 1 N–H and O–H groups in total. The Bertz CT molecular complexity index is 680. The van der Waals surface area contributed by atoms with Gasteiger partial charge in [0.15, 0.2) is 0 Å². The highest BCUT2D eigenvalue weighted by atomic mass is 16.2. The van der Waals surface area contributed by atoms with Gasteiger partial charge in [-0.3, -0.25) is 9.59 Å². The minimum atomic E-state index is 0.0540. The van der Waals surface area contributed by atoms with Gasteiger partial charge in [-0.2, -0.15) is 5.10 Å². The molecule has 5 heteroatoms. The Labute approximate surface area is 123 Å². The van der Waals surface area contributed by atoms with Crippen LogP contribution in [0.5, 0.6) is 0 Å². The fraction of sp³-hybridized carbons (Fsp3) is 0.438. The van der Waals surface area contributed by atoms with Crippen LogP contribution in [-0.2, 0) is 16.0 Å². The highest BCUT2D eigenvalue weighted by Gasteiger charge is 2.43. The number of nitrogens with one attached hydrogen (secondary N) is 1. The zero-order valence-electron chi connectivity index (χ0n) is 11.9. The van der Waals surface area contributed by atoms with Crippen LogP contribution in [0.25, 0.3) is 0 Å². The van der Waals surface area contributed by atoms with Crippen LogP contribution in [0.4, 0.5) is 5.69 Å². The number of rotatable bonds is 1. The first-order valence-corrected chi connectivity index (χ1v) is 7.42. The first-order chi connectivity index (χ1) is 10.1. The molecule has 1 aromatic carbocycles. The first kappa shape index (κ1) is 12.6. The van der Waals surface area contributed by atoms with E-state index in [1.807, 2.05) is 19.2 Å². The van der Waals surface area contributed by atoms with Gasteiger partial charge in [-0.05, 0) is 42.5 Å². The average Bonchev–Trinajstić information content (AvgIpc) is 2.44. The lowest BCUT2D eigenvalue weighted by Crippen LogP contribution is -2.48. The highest BCUT2D eigenvalue weighted by Crippen LogP contribution is 2.40. The molecule has 2 aliphatic heterocycles. The Morgan fingerprint density at radius 1 is 1.19 bits per heavy atom. The predicted molar refractivity (Wildman–Crippen MR) is 79.1 cm³/mol. The summed E-state index contributed by atoms with van der Waals surface area (Å²) in [6, 6.07) is 6.14. The molecule has 0 saturated heterocycles. The van der Waals surface area contributed by atoms with E-state index in [9.17, 15) is 9.59 Å². The van der Waals surface area contributed by atoms with Crippen molar-refractivity contribution in [3.8, 4) is 0 Å². The van der Waals surface area contributed by atoms with Crippen molar-refractivity contribution in [2.24, 2.45) is 16.9 Å². The third-order valence-electron chi connectivity index (χ3n) is 4.97. The number of anilines is 1. The SMILES string of the molecule is CN1C(=O)CCc2cc(C3=NNC(=O)C4CCC34)ccc21. The molecule has 1 aromatic rings. The van der Waals surface area contributed by atoms with Crippen LogP contribution in [0.3, 0.4) is 0 Å². The van der Waals surface area contributed by atoms with E-state index >= 15 is 0 Å². The normalized spacial score (nSPS) is 27.3. The van der Waals surface area contributed by atoms with E-state index in [-0.39, 0.29) is 23.7 Å². The molecular formula is C16H17N3O2. The second-order valence-electron chi connectivity index (χ2n) is 6.06. The topological polar surface area (TPSA) is 61.8 Å². The number of amides is 2. The summed E-state index contributed by atoms with van der Waals surface area (Å²) in [7, 11) is 1.82. The summed E-state index contributed by atoms with van der Waals surface area (Å²) in [5, 5.41) is 4.28. The summed E-state index contributed by atoms with van der Waals surface area (Å²) in [6.07, 6.45) is 3.33. The zero-order chi connectivity index (χ0) is 14.6. The van der Waals surface area contributed by atoms with Gasteiger partial charge in [-0.25, -0.2) is 5.43 Å². The van der Waals surface area contributed by atoms with Gasteiger partial charge >= 0.3 is 0 Å². The largest absolute Gasteiger partial charge is 0.315 e. The minimum absolute atomic E-state index is 0.0540. The second kappa shape index (κ2) is 4.41. The fourth-order valence-corrected chi connectivity index (χ4v) is 3.52. The van der Waals surface area contributed by atoms with Gasteiger partial charge in [0.05, 0.1) is 5.71 Å². The summed E-state index contributed by atoms with van der Waals surface area (Å²) in [5.74, 6) is 0.576. The molecule has 1 aliphatic carbocycles. The summed E-state index contributed by atoms with van der Waals surface area (Å²) in [5.41, 5.74) is 6.88. The number of nitrogens with zero attached hydrogens (tertiary/aromatic N) is 2. The van der Waals surface area contributed by atoms with Crippen LogP contribution in [0.2, 0.25) is 0 Å². The van der Waals surface area contributed by atoms with Crippen LogP contribution in [0, 0.1) is 11.8 Å². The van der Waals surface area contributed by atoms with Gasteiger partial charge in [-0.15, -0.1) is 0 Å². The van der Waals surface area contributed by atoms with Crippen molar-refractivity contribution < 1.29 is 9.59 Å². The van der Waals surface area contributed by atoms with Crippen molar-refractivity contribution >= 4 is 23.2 Å². The number of hydrazone groups is 1. The maximum Gasteiger partial charge on any atom is 0.243 e. The molecule has 5 nitrogen and oxygen atoms in total. The molecule has 2 atom stereocenters. The van der Waals surface area contributed by atoms with Crippen LogP contribution in [0.1, 0.15) is 30.4 Å². The first-order valence-electron chi connectivity index (χ1n) is 7.42. The van der Waals surface area contributed by atoms with Crippen LogP contribution in [0.15, 0.2) is 23.3 Å². The lowest BCUT2D eigenvalue weighted by atomic mass is 9.68. The number of hydrogen-bond donors (Lipinski definition) is 1. The van der Waals surface area contributed by atoms with Crippen molar-refractivity contribution in [1.82, 2.24) is 5.43 Å². The molecule has 2 unspecified atom stereocenters. The smallest absolute Gasteiger partial charge is 0.243 e. The highest BCUT2D eigenvalue weighted by molar-refractivity contribution is 6.08. The van der Waals surface area contributed by atoms with Crippen molar-refractivity contribution in [2.75, 3.05) is 11.9 Å². The Hall–Kier alpha value is -2.17. The minimum Gasteiger partial charge on any atom is -0.315 e. The molecule has 2 heterocycles. The van der Waals surface area contributed by atoms with E-state index in [0.717, 1.165) is 36.2 Å². The predicted octanol–water partition coefficient (Wildman–Crippen LogP) is 1.46. The number of benzene rings is 1. The number of carbonyl (C=O) groups excluding carboxylic acids is 2. The van der Waals surface area contributed by atoms with Gasteiger partial charge in [0.2, 0.25) is 11.8 Å². The Morgan fingerprint density at radius 3 is 2.76 bits per heavy atom. The number of carbonyl (C=O) groups is 2. The molecule has 1 saturated carbocycles. The van der Waals surface area contributed by atoms with Crippen molar-refractivity contribution in [1.29, 1.82) is 0 Å². The zero-order valence-corrected chi connectivity index (χ0v) is 11.9. The molecule has 0 aromatic heterocycles. The monoisotopic (exact) mass is 283 g/mol. The molecule has 4 rings (SSSR count). The van der Waals surface area contributed by atoms with E-state index in [1.54, 1.807) is 4.90 Å². The van der Waals surface area contributed by atoms with Gasteiger partial charge in [0.25, 0.3) is 0 Å². The van der Waals surface area contributed by atoms with E-state index < -0.39 is 0 Å². The molecule has 108 valence electrons. The van der Waals surface area contributed by atoms with Crippen LogP contribution >= 0.6 is 0 Å². The van der Waals surface area contributed by atoms with Gasteiger partial charge in [0, 0.05) is 31.0 Å². The van der Waals surface area contributed by atoms with Crippen LogP contribution in [-0.4, -0.2) is 24.6 Å². The maximum absolute atomic E-state index is 11.7. The lowest BCUT2D eigenvalue weighted by Gasteiger charge is -2.39. The quantitative estimate of drug-likeness (QED) is 0.848. The Kier molecular flexibility index (Phi) is 2.64. The third-order valence-corrected chi connectivity index (χ3v) is 4.97. The Balaban J connectivity index is 1.71. The summed E-state index contributed by atoms with van der Waals surface area (Å²) in [4.78, 5) is 25.1. The van der Waals surface area contributed by atoms with Gasteiger partial charge in [0.1, 0.15) is 0 Å². The number of aryl methyl sites for hydroxylation is 1. The van der Waals surface area contributed by atoms with E-state index in [2.05, 4.69) is 16.6 Å². The van der Waals surface area contributed by atoms with E-state index in [1.165, 1.54) is 5.56 Å². The summed E-state index contributed by atoms with van der Waals surface area (Å²) < 4.78 is 0. The van der Waals surface area contributed by atoms with Crippen molar-refractivity contribution in [3.63, 3.8) is 0 Å². The average molecular weight is 283 g/mol. The maximum atomic E-state index is 11.7. The van der Waals surface area contributed by atoms with E-state index in [0.29, 0.717) is 6.42 Å². The summed E-state index contributed by atoms with van der Waals surface area (Å²) >= 11 is 0. The van der Waals surface area contributed by atoms with E-state index in [4.69, 9.17) is 0 Å². The molecule has 1 fully saturated rings. The van der Waals surface area contributed by atoms with Gasteiger partial charge < -0.3 is 4.90 Å². The molecule has 3 aliphatic rings. The van der Waals surface area contributed by atoms with Gasteiger partial charge in [-0.1, -0.05) is 6.07 Å². The standard InChI is InChI=1S/C16H17N3O2/c1-19-13-6-2-10(8-9(13)3-7-14(19)20)15-11-4-5-12(11)16(21)18-17-15/h2,6,8,11-12H,3-5,7H2,1H3,(H,18,21). The molecular weight excluding hydrogens is 266 g/mol. The van der Waals surface area contributed by atoms with Crippen LogP contribution < -0.4 is 10.3 Å². The number of fused-ring (bicyclic) bond motifs is 2. The molecule has 0 radical (unpaired) electrons. The van der Waals surface area contributed by atoms with Crippen molar-refractivity contribution in [3.05, 3.63) is 29.3 Å². The third kappa shape index (κ3) is 1.80. The molecule has 21 heavy (non-hydrogen) atoms. The molecule has 2 amide bonds. The summed E-state index contributed by atoms with van der Waals surface area (Å²) in [6.45, 7) is 0. The van der Waals surface area contributed by atoms with Crippen molar-refractivity contribution in [2.45, 2.75) is 25.7 Å².